The van der Waals surface area contributed by atoms with Gasteiger partial charge in [0, 0.05) is 38.2 Å². The molecule has 8 heteroatoms. The van der Waals surface area contributed by atoms with Crippen LogP contribution in [-0.2, 0) is 4.74 Å². The topological polar surface area (TPSA) is 74.5 Å². The second kappa shape index (κ2) is 20.7. The summed E-state index contributed by atoms with van der Waals surface area (Å²) < 4.78 is 17.3. The Kier molecular flexibility index (Phi) is 18.2. The second-order valence-corrected chi connectivity index (χ2v) is 12.5. The maximum atomic E-state index is 6.11. The molecule has 1 aliphatic heterocycles. The number of likely N-dealkylation sites (N-methyl/N-ethyl adjacent to an activating group) is 1. The summed E-state index contributed by atoms with van der Waals surface area (Å²) in [5.74, 6) is 2.20. The van der Waals surface area contributed by atoms with Gasteiger partial charge in [-0.3, -0.25) is 0 Å². The Labute approximate surface area is 274 Å². The van der Waals surface area contributed by atoms with E-state index >= 15 is 0 Å². The molecule has 0 atom stereocenters. The molecule has 1 saturated heterocycles. The number of rotatable bonds is 17. The lowest BCUT2D eigenvalue weighted by Crippen LogP contribution is -2.45. The highest BCUT2D eigenvalue weighted by Gasteiger charge is 2.19. The van der Waals surface area contributed by atoms with E-state index in [0.717, 1.165) is 23.5 Å². The third kappa shape index (κ3) is 14.5. The first-order valence-corrected chi connectivity index (χ1v) is 16.1. The molecule has 2 heterocycles. The lowest BCUT2D eigenvalue weighted by atomic mass is 9.85. The molecule has 45 heavy (non-hydrogen) atoms. The molecule has 8 nitrogen and oxygen atoms in total. The van der Waals surface area contributed by atoms with Crippen LogP contribution in [0.15, 0.2) is 88.0 Å². The van der Waals surface area contributed by atoms with Crippen molar-refractivity contribution in [2.24, 2.45) is 16.3 Å². The minimum absolute atomic E-state index is 0.0487. The van der Waals surface area contributed by atoms with Gasteiger partial charge in [-0.2, -0.15) is 0 Å². The van der Waals surface area contributed by atoms with Crippen LogP contribution >= 0.6 is 0 Å². The Bertz CT molecular complexity index is 1170. The van der Waals surface area contributed by atoms with E-state index < -0.39 is 0 Å². The van der Waals surface area contributed by atoms with Crippen molar-refractivity contribution in [2.75, 3.05) is 60.0 Å². The molecule has 1 aromatic rings. The lowest BCUT2D eigenvalue weighted by Gasteiger charge is -2.32. The Morgan fingerprint density at radius 2 is 1.80 bits per heavy atom. The van der Waals surface area contributed by atoms with Crippen molar-refractivity contribution in [2.45, 2.75) is 61.3 Å². The molecule has 1 aliphatic rings. The van der Waals surface area contributed by atoms with Crippen LogP contribution in [0.1, 0.15) is 67.1 Å². The van der Waals surface area contributed by atoms with Crippen molar-refractivity contribution in [1.29, 1.82) is 0 Å². The van der Waals surface area contributed by atoms with Crippen molar-refractivity contribution in [1.82, 2.24) is 20.4 Å². The fraction of sp³-hybridized carbons (Fsp3) is 0.541. The summed E-state index contributed by atoms with van der Waals surface area (Å²) in [7, 11) is 3.73. The van der Waals surface area contributed by atoms with E-state index in [9.17, 15) is 0 Å². The van der Waals surface area contributed by atoms with E-state index in [1.807, 2.05) is 19.1 Å². The fourth-order valence-corrected chi connectivity index (χ4v) is 4.37. The van der Waals surface area contributed by atoms with Gasteiger partial charge in [-0.1, -0.05) is 80.4 Å². The summed E-state index contributed by atoms with van der Waals surface area (Å²) >= 11 is 0. The lowest BCUT2D eigenvalue weighted by molar-refractivity contribution is 0.153. The Balaban J connectivity index is 0.000000645. The molecule has 0 spiro atoms. The maximum Gasteiger partial charge on any atom is 0.290 e. The van der Waals surface area contributed by atoms with Gasteiger partial charge in [-0.15, -0.1) is 0 Å². The van der Waals surface area contributed by atoms with E-state index in [1.165, 1.54) is 52.8 Å². The first-order valence-electron chi connectivity index (χ1n) is 16.1. The van der Waals surface area contributed by atoms with Gasteiger partial charge in [0.25, 0.3) is 5.95 Å². The fourth-order valence-electron chi connectivity index (χ4n) is 4.37. The zero-order chi connectivity index (χ0) is 34.0. The van der Waals surface area contributed by atoms with Crippen LogP contribution in [-0.4, -0.2) is 76.5 Å². The van der Waals surface area contributed by atoms with Gasteiger partial charge in [-0.05, 0) is 74.9 Å². The smallest absolute Gasteiger partial charge is 0.290 e. The Hall–Kier alpha value is -3.33. The van der Waals surface area contributed by atoms with Crippen molar-refractivity contribution in [3.63, 3.8) is 0 Å². The van der Waals surface area contributed by atoms with Gasteiger partial charge in [0.2, 0.25) is 5.88 Å². The number of allylic oxidation sites excluding steroid dienone is 6. The van der Waals surface area contributed by atoms with Gasteiger partial charge < -0.3 is 34.3 Å². The number of methoxy groups -OCH3 is 1. The first-order chi connectivity index (χ1) is 21.3. The zero-order valence-corrected chi connectivity index (χ0v) is 29.7. The summed E-state index contributed by atoms with van der Waals surface area (Å²) in [5, 5.41) is 6.55. The maximum absolute atomic E-state index is 6.11. The molecule has 0 amide bonds. The summed E-state index contributed by atoms with van der Waals surface area (Å²) in [6.07, 6.45) is 7.84. The van der Waals surface area contributed by atoms with Crippen LogP contribution < -0.4 is 15.4 Å². The SMILES string of the molecule is C=C/C=C(\C=C(\Oc1ccc(C(=C)N/C(C(=C)CC)=C(/N=C)OC)o1)C(C)C)C(C)(C)C.CCNCCCN1CCN(C)CC1. The highest BCUT2D eigenvalue weighted by atomic mass is 16.6. The van der Waals surface area contributed by atoms with Crippen LogP contribution in [0.2, 0.25) is 0 Å². The number of piperazine rings is 1. The molecule has 0 unspecified atom stereocenters. The predicted molar refractivity (Wildman–Crippen MR) is 192 cm³/mol. The number of hydrogen-bond acceptors (Lipinski definition) is 8. The average molecular weight is 624 g/mol. The minimum atomic E-state index is -0.0487. The second-order valence-electron chi connectivity index (χ2n) is 12.5. The molecule has 0 aromatic carbocycles. The summed E-state index contributed by atoms with van der Waals surface area (Å²) in [6, 6.07) is 3.57. The molecule has 0 saturated carbocycles. The number of furan rings is 1. The van der Waals surface area contributed by atoms with Crippen LogP contribution in [0.5, 0.6) is 5.95 Å². The van der Waals surface area contributed by atoms with Crippen LogP contribution in [0.4, 0.5) is 0 Å². The molecule has 1 aromatic heterocycles. The van der Waals surface area contributed by atoms with E-state index in [1.54, 1.807) is 18.2 Å². The molecule has 1 fully saturated rings. The standard InChI is InChI=1S/C27H38N2O3.C10H23N3/c1-12-14-21(27(7,8)9)17-23(18(3)4)32-24-16-15-22(31-24)20(6)29-25(19(5)13-2)26(28-10)30-11;1-3-11-5-4-6-13-9-7-12(2)8-10-13/h12,14-18,29H,1,5-6,10,13H2,2-4,7-9,11H3;11H,3-10H2,1-2H3/b21-14+,23-17+,26-25-;. The molecular formula is C37H61N5O3. The molecule has 0 aliphatic carbocycles. The molecule has 0 radical (unpaired) electrons. The van der Waals surface area contributed by atoms with E-state index in [-0.39, 0.29) is 11.3 Å². The largest absolute Gasteiger partial charge is 0.480 e. The molecular weight excluding hydrogens is 562 g/mol. The summed E-state index contributed by atoms with van der Waals surface area (Å²) in [6.45, 7) is 38.8. The van der Waals surface area contributed by atoms with E-state index in [2.05, 4.69) is 100 Å². The zero-order valence-electron chi connectivity index (χ0n) is 29.7. The van der Waals surface area contributed by atoms with E-state index in [4.69, 9.17) is 13.9 Å². The summed E-state index contributed by atoms with van der Waals surface area (Å²) in [4.78, 5) is 8.89. The third-order valence-electron chi connectivity index (χ3n) is 7.41. The highest BCUT2D eigenvalue weighted by Crippen LogP contribution is 2.31. The van der Waals surface area contributed by atoms with Crippen molar-refractivity contribution < 1.29 is 13.9 Å². The number of hydrogen-bond donors (Lipinski definition) is 2. The van der Waals surface area contributed by atoms with Gasteiger partial charge in [-0.25, -0.2) is 4.99 Å². The monoisotopic (exact) mass is 623 g/mol. The van der Waals surface area contributed by atoms with Crippen molar-refractivity contribution in [3.05, 3.63) is 84.3 Å². The first kappa shape index (κ1) is 39.7. The van der Waals surface area contributed by atoms with Crippen molar-refractivity contribution >= 4 is 12.4 Å². The third-order valence-corrected chi connectivity index (χ3v) is 7.41. The molecule has 2 rings (SSSR count). The van der Waals surface area contributed by atoms with Crippen LogP contribution in [0, 0.1) is 11.3 Å². The van der Waals surface area contributed by atoms with E-state index in [0.29, 0.717) is 35.4 Å². The molecule has 2 N–H and O–H groups in total. The normalized spacial score (nSPS) is 15.5. The van der Waals surface area contributed by atoms with Gasteiger partial charge in [0.05, 0.1) is 12.8 Å². The Morgan fingerprint density at radius 1 is 1.13 bits per heavy atom. The minimum Gasteiger partial charge on any atom is -0.480 e. The molecule has 0 bridgehead atoms. The summed E-state index contributed by atoms with van der Waals surface area (Å²) in [5.41, 5.74) is 3.02. The molecule has 252 valence electrons. The average Bonchev–Trinajstić information content (AvgIpc) is 3.47. The van der Waals surface area contributed by atoms with Crippen LogP contribution in [0.3, 0.4) is 0 Å². The quantitative estimate of drug-likeness (QED) is 0.0800. The van der Waals surface area contributed by atoms with Crippen molar-refractivity contribution in [3.8, 4) is 5.95 Å². The van der Waals surface area contributed by atoms with Gasteiger partial charge in [0.15, 0.2) is 5.76 Å². The number of ether oxygens (including phenoxy) is 2. The van der Waals surface area contributed by atoms with Gasteiger partial charge >= 0.3 is 0 Å². The number of aliphatic imine (C=N–C) groups is 1. The number of nitrogens with zero attached hydrogens (tertiary/aromatic N) is 3. The highest BCUT2D eigenvalue weighted by molar-refractivity contribution is 5.61. The predicted octanol–water partition coefficient (Wildman–Crippen LogP) is 7.63. The number of nitrogens with one attached hydrogen (secondary N) is 2. The van der Waals surface area contributed by atoms with Crippen LogP contribution in [0.25, 0.3) is 5.70 Å². The van der Waals surface area contributed by atoms with Gasteiger partial charge in [0.1, 0.15) is 11.5 Å². The Morgan fingerprint density at radius 3 is 2.31 bits per heavy atom.